The molecule has 33 heavy (non-hydrogen) atoms. The number of carbonyl (C=O) groups excluding carboxylic acids is 2. The van der Waals surface area contributed by atoms with E-state index in [0.717, 1.165) is 17.0 Å². The lowest BCUT2D eigenvalue weighted by molar-refractivity contribution is -0.140. The minimum absolute atomic E-state index is 0.159. The van der Waals surface area contributed by atoms with Crippen molar-refractivity contribution in [2.75, 3.05) is 6.61 Å². The summed E-state index contributed by atoms with van der Waals surface area (Å²) in [5.74, 6) is 0.456. The summed E-state index contributed by atoms with van der Waals surface area (Å²) in [7, 11) is 0. The number of allylic oxidation sites excluding steroid dienone is 2. The first-order valence-electron chi connectivity index (χ1n) is 10.9. The number of benzene rings is 2. The first-order valence-corrected chi connectivity index (χ1v) is 11.7. The van der Waals surface area contributed by atoms with E-state index in [9.17, 15) is 9.59 Å². The van der Waals surface area contributed by atoms with Crippen LogP contribution in [0.2, 0.25) is 10.0 Å². The fourth-order valence-electron chi connectivity index (χ4n) is 4.91. The molecular formula is C25H22Cl2N2O4. The van der Waals surface area contributed by atoms with Crippen molar-refractivity contribution in [2.24, 2.45) is 28.8 Å². The Morgan fingerprint density at radius 1 is 1.00 bits per heavy atom. The highest BCUT2D eigenvalue weighted by molar-refractivity contribution is 6.35. The number of hydrogen-bond donors (Lipinski definition) is 0. The molecule has 2 aromatic carbocycles. The standard InChI is InChI=1S/C25H22Cl2N2O4/c1-2-32-21-9-14(3-8-20(21)33-13-17-6-7-18(26)11-19(17)27)12-28-29-24(30)22-15-4-5-16(10-15)23(22)25(29)31/h3-9,11-12,15-16,22-23H,2,10,13H2,1H3/b28-12-/t15-,16-,22+,23+/m0/s1. The van der Waals surface area contributed by atoms with Crippen LogP contribution in [0, 0.1) is 23.7 Å². The number of hydrogen-bond acceptors (Lipinski definition) is 5. The summed E-state index contributed by atoms with van der Waals surface area (Å²) >= 11 is 12.2. The Labute approximate surface area is 201 Å². The van der Waals surface area contributed by atoms with E-state index in [1.807, 2.05) is 13.0 Å². The third kappa shape index (κ3) is 4.02. The zero-order valence-electron chi connectivity index (χ0n) is 17.9. The van der Waals surface area contributed by atoms with Crippen LogP contribution in [0.4, 0.5) is 0 Å². The lowest BCUT2D eigenvalue weighted by atomic mass is 9.85. The van der Waals surface area contributed by atoms with Crippen LogP contribution in [-0.2, 0) is 16.2 Å². The normalized spacial score (nSPS) is 25.4. The summed E-state index contributed by atoms with van der Waals surface area (Å²) in [5, 5.41) is 6.36. The first kappa shape index (κ1) is 22.0. The zero-order valence-corrected chi connectivity index (χ0v) is 19.4. The van der Waals surface area contributed by atoms with Crippen molar-refractivity contribution in [1.82, 2.24) is 5.01 Å². The molecule has 2 aliphatic carbocycles. The monoisotopic (exact) mass is 484 g/mol. The predicted octanol–water partition coefficient (Wildman–Crippen LogP) is 5.11. The Bertz CT molecular complexity index is 1150. The molecular weight excluding hydrogens is 463 g/mol. The Balaban J connectivity index is 1.31. The molecule has 2 amide bonds. The van der Waals surface area contributed by atoms with Gasteiger partial charge >= 0.3 is 0 Å². The summed E-state index contributed by atoms with van der Waals surface area (Å²) in [6.45, 7) is 2.57. The van der Waals surface area contributed by atoms with Crippen LogP contribution in [0.5, 0.6) is 11.5 Å². The van der Waals surface area contributed by atoms with Crippen molar-refractivity contribution >= 4 is 41.2 Å². The molecule has 3 aliphatic rings. The second-order valence-electron chi connectivity index (χ2n) is 8.40. The average Bonchev–Trinajstić information content (AvgIpc) is 3.47. The van der Waals surface area contributed by atoms with E-state index in [2.05, 4.69) is 17.3 Å². The lowest BCUT2D eigenvalue weighted by Crippen LogP contribution is -2.28. The SMILES string of the molecule is CCOc1cc(/C=N\N2C(=O)[C@H]3[C@H](C2=O)[C@H]2C=C[C@H]3C2)ccc1OCc1ccc(Cl)cc1Cl. The van der Waals surface area contributed by atoms with Gasteiger partial charge in [0.05, 0.1) is 24.7 Å². The number of ether oxygens (including phenoxy) is 2. The number of rotatable bonds is 7. The highest BCUT2D eigenvalue weighted by atomic mass is 35.5. The van der Waals surface area contributed by atoms with Gasteiger partial charge in [-0.15, -0.1) is 0 Å². The number of halogens is 2. The molecule has 1 heterocycles. The maximum Gasteiger partial charge on any atom is 0.254 e. The smallest absolute Gasteiger partial charge is 0.254 e. The van der Waals surface area contributed by atoms with Gasteiger partial charge in [0.1, 0.15) is 6.61 Å². The van der Waals surface area contributed by atoms with Crippen LogP contribution in [0.1, 0.15) is 24.5 Å². The Morgan fingerprint density at radius 3 is 2.39 bits per heavy atom. The van der Waals surface area contributed by atoms with Crippen molar-refractivity contribution in [1.29, 1.82) is 0 Å². The van der Waals surface area contributed by atoms with Crippen LogP contribution in [-0.4, -0.2) is 29.6 Å². The number of amides is 2. The van der Waals surface area contributed by atoms with Crippen molar-refractivity contribution in [3.63, 3.8) is 0 Å². The van der Waals surface area contributed by atoms with E-state index in [0.29, 0.717) is 33.7 Å². The molecule has 170 valence electrons. The first-order chi connectivity index (χ1) is 16.0. The quantitative estimate of drug-likeness (QED) is 0.311. The van der Waals surface area contributed by atoms with Gasteiger partial charge in [-0.05, 0) is 61.1 Å². The van der Waals surface area contributed by atoms with Gasteiger partial charge in [0.15, 0.2) is 11.5 Å². The highest BCUT2D eigenvalue weighted by Gasteiger charge is 2.59. The molecule has 1 saturated carbocycles. The molecule has 1 saturated heterocycles. The van der Waals surface area contributed by atoms with Crippen LogP contribution < -0.4 is 9.47 Å². The molecule has 2 fully saturated rings. The minimum Gasteiger partial charge on any atom is -0.490 e. The predicted molar refractivity (Wildman–Crippen MR) is 126 cm³/mol. The molecule has 2 aromatic rings. The minimum atomic E-state index is -0.265. The number of imide groups is 1. The molecule has 0 aromatic heterocycles. The fraction of sp³-hybridized carbons (Fsp3) is 0.320. The van der Waals surface area contributed by atoms with Crippen molar-refractivity contribution in [3.05, 3.63) is 69.7 Å². The van der Waals surface area contributed by atoms with Crippen molar-refractivity contribution < 1.29 is 19.1 Å². The largest absolute Gasteiger partial charge is 0.490 e. The summed E-state index contributed by atoms with van der Waals surface area (Å²) in [4.78, 5) is 25.6. The molecule has 5 rings (SSSR count). The van der Waals surface area contributed by atoms with Crippen LogP contribution in [0.15, 0.2) is 53.7 Å². The van der Waals surface area contributed by atoms with Gasteiger partial charge < -0.3 is 9.47 Å². The maximum absolute atomic E-state index is 12.8. The van der Waals surface area contributed by atoms with Gasteiger partial charge in [-0.1, -0.05) is 41.4 Å². The summed E-state index contributed by atoms with van der Waals surface area (Å²) in [5.41, 5.74) is 1.49. The van der Waals surface area contributed by atoms with Crippen molar-refractivity contribution in [2.45, 2.75) is 20.0 Å². The van der Waals surface area contributed by atoms with E-state index >= 15 is 0 Å². The molecule has 8 heteroatoms. The zero-order chi connectivity index (χ0) is 23.1. The average molecular weight is 485 g/mol. The van der Waals surface area contributed by atoms with E-state index in [1.54, 1.807) is 30.3 Å². The summed E-state index contributed by atoms with van der Waals surface area (Å²) < 4.78 is 11.7. The molecule has 0 N–H and O–H groups in total. The molecule has 4 atom stereocenters. The molecule has 1 aliphatic heterocycles. The fourth-order valence-corrected chi connectivity index (χ4v) is 5.37. The molecule has 2 bridgehead atoms. The van der Waals surface area contributed by atoms with Crippen LogP contribution in [0.25, 0.3) is 0 Å². The summed E-state index contributed by atoms with van der Waals surface area (Å²) in [6.07, 6.45) is 6.53. The maximum atomic E-state index is 12.8. The number of fused-ring (bicyclic) bond motifs is 5. The van der Waals surface area contributed by atoms with E-state index in [1.165, 1.54) is 6.21 Å². The Morgan fingerprint density at radius 2 is 1.73 bits per heavy atom. The summed E-state index contributed by atoms with van der Waals surface area (Å²) in [6, 6.07) is 10.6. The number of nitrogens with zero attached hydrogens (tertiary/aromatic N) is 2. The van der Waals surface area contributed by atoms with Crippen LogP contribution in [0.3, 0.4) is 0 Å². The van der Waals surface area contributed by atoms with Crippen LogP contribution >= 0.6 is 23.2 Å². The van der Waals surface area contributed by atoms with Gasteiger partial charge in [0.2, 0.25) is 0 Å². The van der Waals surface area contributed by atoms with E-state index < -0.39 is 0 Å². The Kier molecular flexibility index (Phi) is 5.89. The van der Waals surface area contributed by atoms with E-state index in [-0.39, 0.29) is 42.1 Å². The number of hydrazone groups is 1. The molecule has 0 radical (unpaired) electrons. The highest BCUT2D eigenvalue weighted by Crippen LogP contribution is 2.52. The van der Waals surface area contributed by atoms with Gasteiger partial charge in [-0.2, -0.15) is 10.1 Å². The molecule has 0 spiro atoms. The third-order valence-corrected chi connectivity index (χ3v) is 7.02. The second-order valence-corrected chi connectivity index (χ2v) is 9.24. The molecule has 0 unspecified atom stereocenters. The van der Waals surface area contributed by atoms with Gasteiger partial charge in [-0.3, -0.25) is 9.59 Å². The van der Waals surface area contributed by atoms with Gasteiger partial charge in [0, 0.05) is 15.6 Å². The molecule has 6 nitrogen and oxygen atoms in total. The number of carbonyl (C=O) groups is 2. The van der Waals surface area contributed by atoms with Gasteiger partial charge in [0.25, 0.3) is 11.8 Å². The van der Waals surface area contributed by atoms with Crippen molar-refractivity contribution in [3.8, 4) is 11.5 Å². The topological polar surface area (TPSA) is 68.2 Å². The lowest BCUT2D eigenvalue weighted by Gasteiger charge is -2.14. The van der Waals surface area contributed by atoms with Gasteiger partial charge in [-0.25, -0.2) is 0 Å². The van der Waals surface area contributed by atoms with E-state index in [4.69, 9.17) is 32.7 Å². The Hall–Kier alpha value is -2.83. The second kappa shape index (κ2) is 8.84. The third-order valence-electron chi connectivity index (χ3n) is 6.44.